The lowest BCUT2D eigenvalue weighted by molar-refractivity contribution is 0.276. The van der Waals surface area contributed by atoms with E-state index in [0.29, 0.717) is 6.54 Å². The van der Waals surface area contributed by atoms with Crippen LogP contribution in [0.2, 0.25) is 0 Å². The van der Waals surface area contributed by atoms with Crippen molar-refractivity contribution in [1.29, 1.82) is 0 Å². The Balaban J connectivity index is 1.92. The van der Waals surface area contributed by atoms with Crippen molar-refractivity contribution in [2.45, 2.75) is 27.0 Å². The van der Waals surface area contributed by atoms with E-state index in [1.807, 2.05) is 28.8 Å². The lowest BCUT2D eigenvalue weighted by Gasteiger charge is -2.11. The van der Waals surface area contributed by atoms with Gasteiger partial charge in [0.1, 0.15) is 5.65 Å². The molecule has 3 rings (SSSR count). The van der Waals surface area contributed by atoms with Crippen molar-refractivity contribution in [3.8, 4) is 0 Å². The summed E-state index contributed by atoms with van der Waals surface area (Å²) in [6, 6.07) is 12.1. The molecule has 2 N–H and O–H groups in total. The fourth-order valence-corrected chi connectivity index (χ4v) is 2.64. The van der Waals surface area contributed by atoms with E-state index >= 15 is 0 Å². The van der Waals surface area contributed by atoms with Crippen LogP contribution in [0.4, 0.5) is 5.82 Å². The van der Waals surface area contributed by atoms with E-state index in [0.717, 1.165) is 17.2 Å². The second-order valence-electron chi connectivity index (χ2n) is 5.22. The maximum absolute atomic E-state index is 9.61. The summed E-state index contributed by atoms with van der Waals surface area (Å²) >= 11 is 0. The van der Waals surface area contributed by atoms with Crippen LogP contribution >= 0.6 is 0 Å². The third kappa shape index (κ3) is 2.50. The van der Waals surface area contributed by atoms with Gasteiger partial charge in [0.2, 0.25) is 0 Å². The topological polar surface area (TPSA) is 49.6 Å². The highest BCUT2D eigenvalue weighted by atomic mass is 16.3. The molecule has 4 heteroatoms. The SMILES string of the molecule is Cc1cccc(C)c1CNc1nc2ccccn2c1CO. The number of nitrogens with zero attached hydrogens (tertiary/aromatic N) is 2. The molecular formula is C17H19N3O. The molecule has 0 spiro atoms. The number of hydrogen-bond donors (Lipinski definition) is 2. The van der Waals surface area contributed by atoms with Gasteiger partial charge in [0.15, 0.2) is 5.82 Å². The molecule has 0 bridgehead atoms. The Morgan fingerprint density at radius 2 is 1.86 bits per heavy atom. The van der Waals surface area contributed by atoms with Crippen LogP contribution < -0.4 is 5.32 Å². The third-order valence-electron chi connectivity index (χ3n) is 3.86. The summed E-state index contributed by atoms with van der Waals surface area (Å²) in [6.07, 6.45) is 1.91. The van der Waals surface area contributed by atoms with Gasteiger partial charge in [-0.25, -0.2) is 4.98 Å². The Labute approximate surface area is 124 Å². The van der Waals surface area contributed by atoms with Gasteiger partial charge in [-0.1, -0.05) is 24.3 Å². The predicted octanol–water partition coefficient (Wildman–Crippen LogP) is 3.06. The summed E-state index contributed by atoms with van der Waals surface area (Å²) in [7, 11) is 0. The Bertz CT molecular complexity index is 757. The molecule has 0 aliphatic carbocycles. The van der Waals surface area contributed by atoms with Gasteiger partial charge >= 0.3 is 0 Å². The fraction of sp³-hybridized carbons (Fsp3) is 0.235. The molecule has 108 valence electrons. The van der Waals surface area contributed by atoms with Crippen molar-refractivity contribution in [3.05, 3.63) is 65.0 Å². The first-order valence-corrected chi connectivity index (χ1v) is 7.06. The number of aromatic nitrogens is 2. The van der Waals surface area contributed by atoms with Crippen molar-refractivity contribution in [3.63, 3.8) is 0 Å². The zero-order chi connectivity index (χ0) is 14.8. The lowest BCUT2D eigenvalue weighted by atomic mass is 10.0. The number of nitrogens with one attached hydrogen (secondary N) is 1. The molecular weight excluding hydrogens is 262 g/mol. The van der Waals surface area contributed by atoms with E-state index in [1.165, 1.54) is 16.7 Å². The van der Waals surface area contributed by atoms with Gasteiger partial charge in [-0.2, -0.15) is 0 Å². The number of aliphatic hydroxyl groups is 1. The Morgan fingerprint density at radius 3 is 2.57 bits per heavy atom. The molecule has 0 atom stereocenters. The minimum atomic E-state index is -0.0414. The lowest BCUT2D eigenvalue weighted by Crippen LogP contribution is -2.06. The highest BCUT2D eigenvalue weighted by Crippen LogP contribution is 2.20. The summed E-state index contributed by atoms with van der Waals surface area (Å²) < 4.78 is 1.91. The molecule has 0 unspecified atom stereocenters. The predicted molar refractivity (Wildman–Crippen MR) is 84.4 cm³/mol. The zero-order valence-corrected chi connectivity index (χ0v) is 12.3. The van der Waals surface area contributed by atoms with Crippen LogP contribution in [0, 0.1) is 13.8 Å². The molecule has 1 aromatic carbocycles. The van der Waals surface area contributed by atoms with Crippen molar-refractivity contribution in [1.82, 2.24) is 9.38 Å². The minimum Gasteiger partial charge on any atom is -0.390 e. The molecule has 0 aliphatic heterocycles. The second-order valence-corrected chi connectivity index (χ2v) is 5.22. The van der Waals surface area contributed by atoms with Gasteiger partial charge in [-0.15, -0.1) is 0 Å². The van der Waals surface area contributed by atoms with Crippen LogP contribution in [0.25, 0.3) is 5.65 Å². The number of aryl methyl sites for hydroxylation is 2. The quantitative estimate of drug-likeness (QED) is 0.772. The number of fused-ring (bicyclic) bond motifs is 1. The van der Waals surface area contributed by atoms with Gasteiger partial charge in [0.05, 0.1) is 12.3 Å². The summed E-state index contributed by atoms with van der Waals surface area (Å²) in [6.45, 7) is 4.89. The molecule has 0 radical (unpaired) electrons. The van der Waals surface area contributed by atoms with E-state index in [1.54, 1.807) is 0 Å². The van der Waals surface area contributed by atoms with Crippen molar-refractivity contribution in [2.75, 3.05) is 5.32 Å². The summed E-state index contributed by atoms with van der Waals surface area (Å²) in [5.74, 6) is 0.742. The van der Waals surface area contributed by atoms with Crippen LogP contribution in [-0.4, -0.2) is 14.5 Å². The number of benzene rings is 1. The number of rotatable bonds is 4. The number of pyridine rings is 1. The molecule has 0 saturated carbocycles. The normalized spacial score (nSPS) is 11.0. The molecule has 3 aromatic rings. The van der Waals surface area contributed by atoms with E-state index in [2.05, 4.69) is 42.3 Å². The minimum absolute atomic E-state index is 0.0414. The average Bonchev–Trinajstić information content (AvgIpc) is 2.84. The van der Waals surface area contributed by atoms with Gasteiger partial charge in [0.25, 0.3) is 0 Å². The first kappa shape index (κ1) is 13.6. The monoisotopic (exact) mass is 281 g/mol. The number of anilines is 1. The van der Waals surface area contributed by atoms with Crippen LogP contribution in [0.1, 0.15) is 22.4 Å². The van der Waals surface area contributed by atoms with E-state index in [9.17, 15) is 5.11 Å². The highest BCUT2D eigenvalue weighted by molar-refractivity contribution is 5.54. The Hall–Kier alpha value is -2.33. The molecule has 2 heterocycles. The fourth-order valence-electron chi connectivity index (χ4n) is 2.64. The van der Waals surface area contributed by atoms with Gasteiger partial charge in [0, 0.05) is 12.7 Å². The zero-order valence-electron chi connectivity index (χ0n) is 12.3. The second kappa shape index (κ2) is 5.58. The molecule has 0 fully saturated rings. The van der Waals surface area contributed by atoms with E-state index < -0.39 is 0 Å². The van der Waals surface area contributed by atoms with Gasteiger partial charge < -0.3 is 10.4 Å². The standard InChI is InChI=1S/C17H19N3O/c1-12-6-5-7-13(2)14(12)10-18-17-15(11-21)20-9-4-3-8-16(20)19-17/h3-9,18,21H,10-11H2,1-2H3. The maximum atomic E-state index is 9.61. The first-order chi connectivity index (χ1) is 10.2. The van der Waals surface area contributed by atoms with E-state index in [4.69, 9.17) is 0 Å². The number of aliphatic hydroxyl groups excluding tert-OH is 1. The summed E-state index contributed by atoms with van der Waals surface area (Å²) in [5, 5.41) is 13.0. The van der Waals surface area contributed by atoms with Crippen LogP contribution in [-0.2, 0) is 13.2 Å². The summed E-state index contributed by atoms with van der Waals surface area (Å²) in [4.78, 5) is 4.55. The third-order valence-corrected chi connectivity index (χ3v) is 3.86. The van der Waals surface area contributed by atoms with Crippen molar-refractivity contribution < 1.29 is 5.11 Å². The molecule has 0 amide bonds. The van der Waals surface area contributed by atoms with Crippen molar-refractivity contribution >= 4 is 11.5 Å². The van der Waals surface area contributed by atoms with Gasteiger partial charge in [-0.3, -0.25) is 4.40 Å². The van der Waals surface area contributed by atoms with Gasteiger partial charge in [-0.05, 0) is 42.7 Å². The molecule has 0 saturated heterocycles. The molecule has 4 nitrogen and oxygen atoms in total. The van der Waals surface area contributed by atoms with Crippen molar-refractivity contribution in [2.24, 2.45) is 0 Å². The first-order valence-electron chi connectivity index (χ1n) is 7.06. The highest BCUT2D eigenvalue weighted by Gasteiger charge is 2.11. The molecule has 0 aliphatic rings. The smallest absolute Gasteiger partial charge is 0.151 e. The molecule has 21 heavy (non-hydrogen) atoms. The maximum Gasteiger partial charge on any atom is 0.151 e. The largest absolute Gasteiger partial charge is 0.390 e. The van der Waals surface area contributed by atoms with Crippen LogP contribution in [0.3, 0.4) is 0 Å². The number of hydrogen-bond acceptors (Lipinski definition) is 3. The molecule has 2 aromatic heterocycles. The summed E-state index contributed by atoms with van der Waals surface area (Å²) in [5.41, 5.74) is 5.43. The Morgan fingerprint density at radius 1 is 1.10 bits per heavy atom. The van der Waals surface area contributed by atoms with Crippen LogP contribution in [0.5, 0.6) is 0 Å². The average molecular weight is 281 g/mol. The van der Waals surface area contributed by atoms with Crippen LogP contribution in [0.15, 0.2) is 42.6 Å². The van der Waals surface area contributed by atoms with E-state index in [-0.39, 0.29) is 6.61 Å². The Kier molecular flexibility index (Phi) is 3.62. The number of imidazole rings is 1.